The van der Waals surface area contributed by atoms with Crippen molar-refractivity contribution in [2.24, 2.45) is 0 Å². The zero-order chi connectivity index (χ0) is 21.7. The Morgan fingerprint density at radius 1 is 0.906 bits per heavy atom. The maximum Gasteiger partial charge on any atom is 0.193 e. The molecule has 2 N–H and O–H groups in total. The van der Waals surface area contributed by atoms with E-state index in [-0.39, 0.29) is 17.1 Å². The van der Waals surface area contributed by atoms with Gasteiger partial charge in [-0.3, -0.25) is 9.59 Å². The van der Waals surface area contributed by atoms with Crippen LogP contribution in [0.25, 0.3) is 11.0 Å². The summed E-state index contributed by atoms with van der Waals surface area (Å²) in [5.41, 5.74) is 3.71. The predicted molar refractivity (Wildman–Crippen MR) is 127 cm³/mol. The number of hydrogen-bond donors (Lipinski definition) is 2. The molecule has 1 aliphatic carbocycles. The summed E-state index contributed by atoms with van der Waals surface area (Å²) in [6, 6.07) is 20.2. The molecule has 2 atom stereocenters. The molecular formula is C26H20N2O3S. The fourth-order valence-electron chi connectivity index (χ4n) is 4.70. The average molecular weight is 441 g/mol. The van der Waals surface area contributed by atoms with Crippen molar-refractivity contribution in [2.75, 3.05) is 10.6 Å². The SMILES string of the molecule is O=C1C[C@H](c2cccs2)CC2=C1[C@@H](c1cc(=O)c3ccccc3o1)Nc1ccccc1N2. The monoisotopic (exact) mass is 440 g/mol. The molecule has 32 heavy (non-hydrogen) atoms. The van der Waals surface area contributed by atoms with Gasteiger partial charge in [-0.2, -0.15) is 0 Å². The lowest BCUT2D eigenvalue weighted by Gasteiger charge is -2.28. The highest BCUT2D eigenvalue weighted by Gasteiger charge is 2.37. The third-order valence-corrected chi connectivity index (χ3v) is 7.23. The van der Waals surface area contributed by atoms with Crippen LogP contribution in [0.1, 0.15) is 35.4 Å². The van der Waals surface area contributed by atoms with Crippen molar-refractivity contribution in [2.45, 2.75) is 24.8 Å². The highest BCUT2D eigenvalue weighted by atomic mass is 32.1. The first-order chi connectivity index (χ1) is 15.7. The van der Waals surface area contributed by atoms with Crippen molar-refractivity contribution in [1.82, 2.24) is 0 Å². The molecule has 3 heterocycles. The van der Waals surface area contributed by atoms with Gasteiger partial charge in [0, 0.05) is 34.6 Å². The van der Waals surface area contributed by atoms with Gasteiger partial charge in [-0.25, -0.2) is 0 Å². The van der Waals surface area contributed by atoms with Gasteiger partial charge in [0.1, 0.15) is 17.4 Å². The number of carbonyl (C=O) groups is 1. The summed E-state index contributed by atoms with van der Waals surface area (Å²) in [5.74, 6) is 0.657. The molecule has 5 nitrogen and oxygen atoms in total. The highest BCUT2D eigenvalue weighted by Crippen LogP contribution is 2.44. The zero-order valence-electron chi connectivity index (χ0n) is 17.1. The van der Waals surface area contributed by atoms with E-state index in [4.69, 9.17) is 4.42 Å². The van der Waals surface area contributed by atoms with E-state index in [0.717, 1.165) is 23.5 Å². The van der Waals surface area contributed by atoms with Crippen LogP contribution in [0.15, 0.2) is 92.6 Å². The van der Waals surface area contributed by atoms with Crippen LogP contribution in [0.2, 0.25) is 0 Å². The van der Waals surface area contributed by atoms with Gasteiger partial charge in [0.2, 0.25) is 0 Å². The van der Waals surface area contributed by atoms with Crippen LogP contribution in [-0.4, -0.2) is 5.78 Å². The Balaban J connectivity index is 1.53. The number of rotatable bonds is 2. The third-order valence-electron chi connectivity index (χ3n) is 6.19. The van der Waals surface area contributed by atoms with E-state index in [0.29, 0.717) is 28.7 Å². The maximum atomic E-state index is 13.5. The van der Waals surface area contributed by atoms with Crippen molar-refractivity contribution in [3.8, 4) is 0 Å². The number of hydrogen-bond acceptors (Lipinski definition) is 6. The van der Waals surface area contributed by atoms with Gasteiger partial charge in [-0.15, -0.1) is 11.3 Å². The maximum absolute atomic E-state index is 13.5. The second kappa shape index (κ2) is 7.50. The number of carbonyl (C=O) groups excluding carboxylic acids is 1. The minimum Gasteiger partial charge on any atom is -0.458 e. The molecule has 0 amide bonds. The molecule has 158 valence electrons. The van der Waals surface area contributed by atoms with E-state index in [2.05, 4.69) is 16.7 Å². The molecule has 2 aromatic carbocycles. The summed E-state index contributed by atoms with van der Waals surface area (Å²) in [5, 5.41) is 9.57. The van der Waals surface area contributed by atoms with Gasteiger partial charge in [-0.1, -0.05) is 30.3 Å². The molecule has 0 unspecified atom stereocenters. The number of allylic oxidation sites excluding steroid dienone is 1. The molecule has 0 bridgehead atoms. The highest BCUT2D eigenvalue weighted by molar-refractivity contribution is 7.10. The van der Waals surface area contributed by atoms with E-state index >= 15 is 0 Å². The number of thiophene rings is 1. The lowest BCUT2D eigenvalue weighted by atomic mass is 9.82. The van der Waals surface area contributed by atoms with Gasteiger partial charge in [0.05, 0.1) is 16.8 Å². The zero-order valence-corrected chi connectivity index (χ0v) is 17.9. The first-order valence-corrected chi connectivity index (χ1v) is 11.5. The van der Waals surface area contributed by atoms with Gasteiger partial charge < -0.3 is 15.1 Å². The van der Waals surface area contributed by atoms with Gasteiger partial charge in [0.25, 0.3) is 0 Å². The van der Waals surface area contributed by atoms with E-state index in [1.165, 1.54) is 10.9 Å². The predicted octanol–water partition coefficient (Wildman–Crippen LogP) is 5.83. The van der Waals surface area contributed by atoms with Crippen molar-refractivity contribution >= 4 is 39.5 Å². The Labute approximate surface area is 188 Å². The number of para-hydroxylation sites is 3. The van der Waals surface area contributed by atoms with Crippen LogP contribution >= 0.6 is 11.3 Å². The third kappa shape index (κ3) is 3.15. The number of Topliss-reactive ketones (excluding diaryl/α,β-unsaturated/α-hetero) is 1. The number of ketones is 1. The van der Waals surface area contributed by atoms with Crippen molar-refractivity contribution in [3.63, 3.8) is 0 Å². The molecule has 6 heteroatoms. The fraction of sp³-hybridized carbons (Fsp3) is 0.154. The lowest BCUT2D eigenvalue weighted by Crippen LogP contribution is -2.27. The molecular weight excluding hydrogens is 420 g/mol. The minimum absolute atomic E-state index is 0.0678. The van der Waals surface area contributed by atoms with E-state index in [1.807, 2.05) is 47.8 Å². The largest absolute Gasteiger partial charge is 0.458 e. The van der Waals surface area contributed by atoms with Gasteiger partial charge >= 0.3 is 0 Å². The van der Waals surface area contributed by atoms with Gasteiger partial charge in [0.15, 0.2) is 11.2 Å². The number of nitrogens with one attached hydrogen (secondary N) is 2. The van der Waals surface area contributed by atoms with Crippen LogP contribution < -0.4 is 16.1 Å². The Morgan fingerprint density at radius 2 is 1.72 bits per heavy atom. The van der Waals surface area contributed by atoms with Crippen molar-refractivity contribution < 1.29 is 9.21 Å². The second-order valence-corrected chi connectivity index (χ2v) is 9.17. The summed E-state index contributed by atoms with van der Waals surface area (Å²) in [4.78, 5) is 27.6. The van der Waals surface area contributed by atoms with E-state index in [9.17, 15) is 9.59 Å². The second-order valence-electron chi connectivity index (χ2n) is 8.19. The Hall–Kier alpha value is -3.64. The fourth-order valence-corrected chi connectivity index (χ4v) is 5.53. The van der Waals surface area contributed by atoms with Crippen LogP contribution in [0.3, 0.4) is 0 Å². The van der Waals surface area contributed by atoms with Crippen molar-refractivity contribution in [1.29, 1.82) is 0 Å². The summed E-state index contributed by atoms with van der Waals surface area (Å²) in [6.45, 7) is 0. The van der Waals surface area contributed by atoms with Crippen LogP contribution in [0, 0.1) is 0 Å². The molecule has 2 aliphatic rings. The molecule has 0 fully saturated rings. The van der Waals surface area contributed by atoms with Crippen molar-refractivity contribution in [3.05, 3.63) is 104 Å². The number of benzene rings is 2. The average Bonchev–Trinajstić information content (AvgIpc) is 3.28. The first kappa shape index (κ1) is 19.1. The summed E-state index contributed by atoms with van der Waals surface area (Å²) >= 11 is 1.68. The Bertz CT molecular complexity index is 1430. The molecule has 0 spiro atoms. The van der Waals surface area contributed by atoms with Crippen LogP contribution in [0.5, 0.6) is 0 Å². The molecule has 0 radical (unpaired) electrons. The molecule has 0 saturated heterocycles. The van der Waals surface area contributed by atoms with E-state index in [1.54, 1.807) is 23.5 Å². The normalized spacial score (nSPS) is 20.2. The first-order valence-electron chi connectivity index (χ1n) is 10.6. The molecule has 1 aliphatic heterocycles. The quantitative estimate of drug-likeness (QED) is 0.410. The lowest BCUT2D eigenvalue weighted by molar-refractivity contribution is -0.116. The standard InChI is InChI=1S/C26H20N2O3S/c29-20-14-23(31-22-9-4-1-6-16(20)22)26-25-19(27-17-7-2-3-8-18(17)28-26)12-15(13-21(25)30)24-10-5-11-32-24/h1-11,14-15,26-28H,12-13H2/t15-,26-/m1/s1. The summed E-state index contributed by atoms with van der Waals surface area (Å²) < 4.78 is 6.17. The van der Waals surface area contributed by atoms with Gasteiger partial charge in [-0.05, 0) is 42.1 Å². The minimum atomic E-state index is -0.546. The van der Waals surface area contributed by atoms with Crippen LogP contribution in [0.4, 0.5) is 11.4 Å². The van der Waals surface area contributed by atoms with E-state index < -0.39 is 6.04 Å². The summed E-state index contributed by atoms with van der Waals surface area (Å²) in [6.07, 6.45) is 1.17. The topological polar surface area (TPSA) is 71.3 Å². The van der Waals surface area contributed by atoms with Crippen LogP contribution in [-0.2, 0) is 4.79 Å². The molecule has 6 rings (SSSR count). The number of fused-ring (bicyclic) bond motifs is 2. The molecule has 2 aromatic heterocycles. The molecule has 4 aromatic rings. The number of anilines is 2. The molecule has 0 saturated carbocycles. The Morgan fingerprint density at radius 3 is 2.56 bits per heavy atom. The smallest absolute Gasteiger partial charge is 0.193 e. The Kier molecular flexibility index (Phi) is 4.47. The summed E-state index contributed by atoms with van der Waals surface area (Å²) in [7, 11) is 0.